The Balaban J connectivity index is 1.86. The van der Waals surface area contributed by atoms with Crippen molar-refractivity contribution in [3.8, 4) is 11.4 Å². The van der Waals surface area contributed by atoms with E-state index in [0.29, 0.717) is 14.0 Å². The standard InChI is InChI=1S/C17H20B3N5/c1-18-22(3)19(2)25-15-11-7-5-9-13(15)17-21-14-10-6-8-12-16(14)24(17)20(25)23(18)4/h5-12H,1-4H3. The first-order valence-corrected chi connectivity index (χ1v) is 8.88. The fraction of sp³-hybridized carbons (Fsp3) is 0.235. The van der Waals surface area contributed by atoms with Crippen LogP contribution in [0, 0.1) is 0 Å². The van der Waals surface area contributed by atoms with Crippen LogP contribution in [0.5, 0.6) is 0 Å². The quantitative estimate of drug-likeness (QED) is 0.593. The van der Waals surface area contributed by atoms with Crippen molar-refractivity contribution in [1.29, 1.82) is 0 Å². The van der Waals surface area contributed by atoms with Gasteiger partial charge in [-0.25, -0.2) is 4.98 Å². The normalized spacial score (nSPS) is 17.8. The lowest BCUT2D eigenvalue weighted by Crippen LogP contribution is -2.77. The van der Waals surface area contributed by atoms with E-state index in [4.69, 9.17) is 4.98 Å². The van der Waals surface area contributed by atoms with Crippen molar-refractivity contribution in [3.63, 3.8) is 0 Å². The number of aromatic nitrogens is 2. The van der Waals surface area contributed by atoms with Gasteiger partial charge in [0.15, 0.2) is 0 Å². The summed E-state index contributed by atoms with van der Waals surface area (Å²) in [6, 6.07) is 17.1. The molecular weight excluding hydrogens is 307 g/mol. The maximum atomic E-state index is 4.99. The average Bonchev–Trinajstić information content (AvgIpc) is 3.03. The van der Waals surface area contributed by atoms with E-state index in [9.17, 15) is 0 Å². The predicted molar refractivity (Wildman–Crippen MR) is 108 cm³/mol. The summed E-state index contributed by atoms with van der Waals surface area (Å²) in [6.45, 7) is 5.20. The molecule has 8 heteroatoms. The molecule has 25 heavy (non-hydrogen) atoms. The molecule has 2 aliphatic rings. The summed E-state index contributed by atoms with van der Waals surface area (Å²) in [5.41, 5.74) is 4.71. The van der Waals surface area contributed by atoms with E-state index in [1.54, 1.807) is 0 Å². The van der Waals surface area contributed by atoms with Gasteiger partial charge in [0.25, 0.3) is 6.98 Å². The lowest BCUT2D eigenvalue weighted by atomic mass is 9.48. The predicted octanol–water partition coefficient (Wildman–Crippen LogP) is 2.47. The van der Waals surface area contributed by atoms with Gasteiger partial charge in [0.2, 0.25) is 0 Å². The topological polar surface area (TPSA) is 27.5 Å². The minimum atomic E-state index is 0.124. The van der Waals surface area contributed by atoms with Crippen molar-refractivity contribution in [2.45, 2.75) is 13.6 Å². The molecule has 5 rings (SSSR count). The SMILES string of the molecule is CB1N(C)B(C)N2B(N1C)n1c(nc3ccccc31)-c1ccccc12. The number of nitrogens with zero attached hydrogens (tertiary/aromatic N) is 5. The molecule has 0 N–H and O–H groups in total. The molecule has 0 bridgehead atoms. The van der Waals surface area contributed by atoms with Crippen LogP contribution in [-0.2, 0) is 0 Å². The summed E-state index contributed by atoms with van der Waals surface area (Å²) >= 11 is 0. The molecule has 3 heterocycles. The van der Waals surface area contributed by atoms with E-state index < -0.39 is 0 Å². The van der Waals surface area contributed by atoms with Crippen LogP contribution in [-0.4, -0.2) is 54.1 Å². The Bertz CT molecular complexity index is 974. The highest BCUT2D eigenvalue weighted by atomic mass is 15.4. The van der Waals surface area contributed by atoms with Gasteiger partial charge in [-0.3, -0.25) is 0 Å². The Hall–Kier alpha value is -2.18. The van der Waals surface area contributed by atoms with E-state index in [1.165, 1.54) is 16.8 Å². The first-order valence-electron chi connectivity index (χ1n) is 8.88. The molecule has 122 valence electrons. The van der Waals surface area contributed by atoms with Gasteiger partial charge in [-0.15, -0.1) is 0 Å². The van der Waals surface area contributed by atoms with Crippen LogP contribution in [0.4, 0.5) is 5.69 Å². The molecule has 5 nitrogen and oxygen atoms in total. The lowest BCUT2D eigenvalue weighted by Gasteiger charge is -2.53. The second-order valence-corrected chi connectivity index (χ2v) is 7.16. The van der Waals surface area contributed by atoms with Crippen LogP contribution in [0.3, 0.4) is 0 Å². The zero-order valence-corrected chi connectivity index (χ0v) is 15.1. The third-order valence-electron chi connectivity index (χ3n) is 6.03. The van der Waals surface area contributed by atoms with Crippen molar-refractivity contribution >= 4 is 37.8 Å². The lowest BCUT2D eigenvalue weighted by molar-refractivity contribution is 0.634. The Morgan fingerprint density at radius 2 is 1.56 bits per heavy atom. The van der Waals surface area contributed by atoms with Gasteiger partial charge in [0, 0.05) is 11.3 Å². The first kappa shape index (κ1) is 15.1. The monoisotopic (exact) mass is 327 g/mol. The van der Waals surface area contributed by atoms with Crippen LogP contribution in [0.1, 0.15) is 0 Å². The van der Waals surface area contributed by atoms with Gasteiger partial charge < -0.3 is 18.6 Å². The second kappa shape index (κ2) is 5.16. The molecule has 2 aromatic carbocycles. The van der Waals surface area contributed by atoms with Crippen molar-refractivity contribution in [3.05, 3.63) is 48.5 Å². The van der Waals surface area contributed by atoms with Crippen molar-refractivity contribution in [2.24, 2.45) is 0 Å². The fourth-order valence-corrected chi connectivity index (χ4v) is 4.37. The Morgan fingerprint density at radius 1 is 0.840 bits per heavy atom. The van der Waals surface area contributed by atoms with Gasteiger partial charge in [-0.2, -0.15) is 0 Å². The van der Waals surface area contributed by atoms with Crippen LogP contribution >= 0.6 is 0 Å². The Morgan fingerprint density at radius 3 is 2.40 bits per heavy atom. The van der Waals surface area contributed by atoms with Crippen LogP contribution < -0.4 is 4.72 Å². The third-order valence-corrected chi connectivity index (χ3v) is 6.03. The van der Waals surface area contributed by atoms with Crippen molar-refractivity contribution < 1.29 is 0 Å². The third kappa shape index (κ3) is 1.86. The minimum absolute atomic E-state index is 0.124. The van der Waals surface area contributed by atoms with Gasteiger partial charge in [-0.1, -0.05) is 37.9 Å². The minimum Gasteiger partial charge on any atom is -0.414 e. The largest absolute Gasteiger partial charge is 0.454 e. The molecule has 0 unspecified atom stereocenters. The van der Waals surface area contributed by atoms with E-state index in [-0.39, 0.29) is 7.12 Å². The summed E-state index contributed by atoms with van der Waals surface area (Å²) in [5.74, 6) is 1.06. The van der Waals surface area contributed by atoms with Crippen LogP contribution in [0.15, 0.2) is 48.5 Å². The summed E-state index contributed by atoms with van der Waals surface area (Å²) in [7, 11) is 4.53. The number of para-hydroxylation sites is 3. The molecular formula is C17H20B3N5. The zero-order chi connectivity index (χ0) is 17.3. The summed E-state index contributed by atoms with van der Waals surface area (Å²) in [6.07, 6.45) is 0. The Labute approximate surface area is 149 Å². The molecule has 0 spiro atoms. The molecule has 1 aromatic heterocycles. The van der Waals surface area contributed by atoms with Crippen molar-refractivity contribution in [1.82, 2.24) is 18.9 Å². The van der Waals surface area contributed by atoms with Gasteiger partial charge in [0.1, 0.15) is 5.82 Å². The fourth-order valence-electron chi connectivity index (χ4n) is 4.37. The molecule has 0 aliphatic carbocycles. The summed E-state index contributed by atoms with van der Waals surface area (Å²) < 4.78 is 9.75. The smallest absolute Gasteiger partial charge is 0.414 e. The number of hydrogen-bond acceptors (Lipinski definition) is 4. The molecule has 1 fully saturated rings. The van der Waals surface area contributed by atoms with E-state index in [2.05, 4.69) is 94.9 Å². The first-order chi connectivity index (χ1) is 12.1. The van der Waals surface area contributed by atoms with E-state index in [1.807, 2.05) is 0 Å². The van der Waals surface area contributed by atoms with Crippen LogP contribution in [0.25, 0.3) is 22.4 Å². The zero-order valence-electron chi connectivity index (χ0n) is 15.1. The van der Waals surface area contributed by atoms with Crippen LogP contribution in [0.2, 0.25) is 13.6 Å². The van der Waals surface area contributed by atoms with E-state index in [0.717, 1.165) is 11.3 Å². The molecule has 0 amide bonds. The number of benzene rings is 2. The number of rotatable bonds is 0. The van der Waals surface area contributed by atoms with Gasteiger partial charge >= 0.3 is 14.1 Å². The van der Waals surface area contributed by atoms with Gasteiger partial charge in [-0.05, 0) is 38.4 Å². The van der Waals surface area contributed by atoms with Crippen molar-refractivity contribution in [2.75, 3.05) is 18.8 Å². The summed E-state index contributed by atoms with van der Waals surface area (Å²) in [5, 5.41) is 0. The molecule has 0 saturated carbocycles. The number of imidazole rings is 1. The second-order valence-electron chi connectivity index (χ2n) is 7.16. The maximum absolute atomic E-state index is 4.99. The molecule has 0 radical (unpaired) electrons. The number of fused-ring (bicyclic) bond motifs is 8. The highest BCUT2D eigenvalue weighted by Gasteiger charge is 2.51. The highest BCUT2D eigenvalue weighted by Crippen LogP contribution is 2.40. The Kier molecular flexibility index (Phi) is 3.12. The molecule has 3 aromatic rings. The number of anilines is 1. The molecule has 2 aliphatic heterocycles. The number of hydrogen-bond donors (Lipinski definition) is 0. The highest BCUT2D eigenvalue weighted by molar-refractivity contribution is 6.92. The maximum Gasteiger partial charge on any atom is 0.454 e. The van der Waals surface area contributed by atoms with E-state index >= 15 is 0 Å². The molecule has 1 saturated heterocycles. The average molecular weight is 327 g/mol. The molecule has 0 atom stereocenters. The summed E-state index contributed by atoms with van der Waals surface area (Å²) in [4.78, 5) is 4.99. The van der Waals surface area contributed by atoms with Gasteiger partial charge in [0.05, 0.1) is 11.0 Å².